The molecular formula is C18H27FN2O3. The van der Waals surface area contributed by atoms with E-state index in [1.54, 1.807) is 20.3 Å². The van der Waals surface area contributed by atoms with Gasteiger partial charge in [-0.15, -0.1) is 0 Å². The van der Waals surface area contributed by atoms with Crippen LogP contribution in [0.15, 0.2) is 18.2 Å². The minimum atomic E-state index is -0.346. The Morgan fingerprint density at radius 1 is 1.38 bits per heavy atom. The maximum absolute atomic E-state index is 13.4. The van der Waals surface area contributed by atoms with Gasteiger partial charge in [-0.2, -0.15) is 0 Å². The van der Waals surface area contributed by atoms with E-state index in [0.717, 1.165) is 25.7 Å². The number of carbonyl (C=O) groups excluding carboxylic acids is 1. The number of nitrogens with one attached hydrogen (secondary N) is 1. The molecule has 0 aromatic heterocycles. The number of amides is 2. The summed E-state index contributed by atoms with van der Waals surface area (Å²) in [6.45, 7) is 3.59. The summed E-state index contributed by atoms with van der Waals surface area (Å²) in [5, 5.41) is 2.92. The number of urea groups is 1. The Morgan fingerprint density at radius 2 is 2.17 bits per heavy atom. The first kappa shape index (κ1) is 18.7. The lowest BCUT2D eigenvalue weighted by Crippen LogP contribution is -2.52. The summed E-state index contributed by atoms with van der Waals surface area (Å²) in [5.74, 6) is -0.346. The lowest BCUT2D eigenvalue weighted by atomic mass is 9.91. The number of benzene rings is 1. The van der Waals surface area contributed by atoms with E-state index in [0.29, 0.717) is 24.4 Å². The quantitative estimate of drug-likeness (QED) is 0.823. The molecule has 1 aliphatic rings. The second kappa shape index (κ2) is 8.44. The van der Waals surface area contributed by atoms with Crippen LogP contribution in [0.25, 0.3) is 0 Å². The van der Waals surface area contributed by atoms with Crippen molar-refractivity contribution in [3.63, 3.8) is 0 Å². The standard InChI is InChI=1S/C18H27FN2O3/c1-4-8-18(13-24-3)9-5-10-21(18)17(22)20-16-7-6-15(19)11-14(16)12-23-2/h6-7,11H,4-5,8-10,12-13H2,1-3H3,(H,20,22). The maximum atomic E-state index is 13.4. The normalized spacial score (nSPS) is 20.4. The summed E-state index contributed by atoms with van der Waals surface area (Å²) in [6.07, 6.45) is 3.79. The topological polar surface area (TPSA) is 50.8 Å². The molecule has 2 amide bonds. The van der Waals surface area contributed by atoms with Crippen molar-refractivity contribution in [1.29, 1.82) is 0 Å². The van der Waals surface area contributed by atoms with E-state index in [1.165, 1.54) is 12.1 Å². The highest BCUT2D eigenvalue weighted by atomic mass is 19.1. The number of carbonyl (C=O) groups is 1. The Balaban J connectivity index is 2.19. The predicted molar refractivity (Wildman–Crippen MR) is 91.6 cm³/mol. The molecule has 1 aliphatic heterocycles. The molecule has 1 atom stereocenters. The molecule has 0 aliphatic carbocycles. The third-order valence-corrected chi connectivity index (χ3v) is 4.58. The minimum absolute atomic E-state index is 0.165. The molecule has 1 saturated heterocycles. The Morgan fingerprint density at radius 3 is 2.83 bits per heavy atom. The van der Waals surface area contributed by atoms with Crippen LogP contribution in [-0.4, -0.2) is 43.8 Å². The zero-order valence-electron chi connectivity index (χ0n) is 14.7. The lowest BCUT2D eigenvalue weighted by Gasteiger charge is -2.38. The summed E-state index contributed by atoms with van der Waals surface area (Å²) in [4.78, 5) is 14.7. The van der Waals surface area contributed by atoms with Crippen LogP contribution in [0.3, 0.4) is 0 Å². The van der Waals surface area contributed by atoms with Gasteiger partial charge in [0.2, 0.25) is 0 Å². The van der Waals surface area contributed by atoms with Gasteiger partial charge >= 0.3 is 6.03 Å². The van der Waals surface area contributed by atoms with E-state index in [1.807, 2.05) is 4.90 Å². The van der Waals surface area contributed by atoms with Crippen LogP contribution >= 0.6 is 0 Å². The number of halogens is 1. The zero-order valence-corrected chi connectivity index (χ0v) is 14.7. The number of ether oxygens (including phenoxy) is 2. The predicted octanol–water partition coefficient (Wildman–Crippen LogP) is 3.79. The van der Waals surface area contributed by atoms with Crippen molar-refractivity contribution in [1.82, 2.24) is 4.90 Å². The van der Waals surface area contributed by atoms with Crippen molar-refractivity contribution in [3.8, 4) is 0 Å². The van der Waals surface area contributed by atoms with Crippen molar-refractivity contribution in [3.05, 3.63) is 29.6 Å². The molecule has 1 N–H and O–H groups in total. The summed E-state index contributed by atoms with van der Waals surface area (Å²) >= 11 is 0. The van der Waals surface area contributed by atoms with Gasteiger partial charge in [-0.25, -0.2) is 9.18 Å². The third-order valence-electron chi connectivity index (χ3n) is 4.58. The Hall–Kier alpha value is -1.66. The third kappa shape index (κ3) is 4.05. The Bertz CT molecular complexity index is 559. The molecule has 0 radical (unpaired) electrons. The molecule has 1 fully saturated rings. The molecular weight excluding hydrogens is 311 g/mol. The fourth-order valence-corrected chi connectivity index (χ4v) is 3.61. The molecule has 0 spiro atoms. The van der Waals surface area contributed by atoms with E-state index in [2.05, 4.69) is 12.2 Å². The minimum Gasteiger partial charge on any atom is -0.382 e. The van der Waals surface area contributed by atoms with Crippen molar-refractivity contribution < 1.29 is 18.7 Å². The Labute approximate surface area is 143 Å². The van der Waals surface area contributed by atoms with Gasteiger partial charge in [0.15, 0.2) is 0 Å². The highest BCUT2D eigenvalue weighted by molar-refractivity contribution is 5.91. The Kier molecular flexibility index (Phi) is 6.57. The first-order valence-electron chi connectivity index (χ1n) is 8.41. The van der Waals surface area contributed by atoms with Crippen LogP contribution in [0.1, 0.15) is 38.2 Å². The molecule has 1 aromatic rings. The summed E-state index contributed by atoms with van der Waals surface area (Å²) < 4.78 is 23.9. The first-order chi connectivity index (χ1) is 11.6. The number of nitrogens with zero attached hydrogens (tertiary/aromatic N) is 1. The van der Waals surface area contributed by atoms with Gasteiger partial charge in [-0.05, 0) is 37.5 Å². The van der Waals surface area contributed by atoms with Crippen molar-refractivity contribution in [2.75, 3.05) is 32.7 Å². The van der Waals surface area contributed by atoms with Gasteiger partial charge in [0.1, 0.15) is 5.82 Å². The van der Waals surface area contributed by atoms with Crippen LogP contribution < -0.4 is 5.32 Å². The molecule has 24 heavy (non-hydrogen) atoms. The lowest BCUT2D eigenvalue weighted by molar-refractivity contribution is 0.0540. The van der Waals surface area contributed by atoms with Crippen molar-refractivity contribution >= 4 is 11.7 Å². The molecule has 0 saturated carbocycles. The van der Waals surface area contributed by atoms with E-state index in [4.69, 9.17) is 9.47 Å². The molecule has 1 aromatic carbocycles. The van der Waals surface area contributed by atoms with Crippen LogP contribution in [0.2, 0.25) is 0 Å². The van der Waals surface area contributed by atoms with E-state index >= 15 is 0 Å². The summed E-state index contributed by atoms with van der Waals surface area (Å²) in [5.41, 5.74) is 0.950. The molecule has 0 bridgehead atoms. The molecule has 1 unspecified atom stereocenters. The number of hydrogen-bond donors (Lipinski definition) is 1. The summed E-state index contributed by atoms with van der Waals surface area (Å²) in [6, 6.07) is 4.14. The number of anilines is 1. The van der Waals surface area contributed by atoms with Gasteiger partial charge in [-0.3, -0.25) is 0 Å². The highest BCUT2D eigenvalue weighted by Gasteiger charge is 2.43. The van der Waals surface area contributed by atoms with Crippen LogP contribution in [0, 0.1) is 5.82 Å². The SMILES string of the molecule is CCCC1(COC)CCCN1C(=O)Nc1ccc(F)cc1COC. The second-order valence-corrected chi connectivity index (χ2v) is 6.33. The van der Waals surface area contributed by atoms with E-state index in [9.17, 15) is 9.18 Å². The second-order valence-electron chi connectivity index (χ2n) is 6.33. The molecule has 2 rings (SSSR count). The molecule has 5 nitrogen and oxygen atoms in total. The van der Waals surface area contributed by atoms with Crippen molar-refractivity contribution in [2.24, 2.45) is 0 Å². The van der Waals surface area contributed by atoms with Gasteiger partial charge in [0, 0.05) is 32.0 Å². The smallest absolute Gasteiger partial charge is 0.322 e. The largest absolute Gasteiger partial charge is 0.382 e. The maximum Gasteiger partial charge on any atom is 0.322 e. The summed E-state index contributed by atoms with van der Waals surface area (Å²) in [7, 11) is 3.21. The molecule has 6 heteroatoms. The van der Waals surface area contributed by atoms with Gasteiger partial charge in [0.05, 0.1) is 18.8 Å². The van der Waals surface area contributed by atoms with Gasteiger partial charge in [0.25, 0.3) is 0 Å². The molecule has 134 valence electrons. The number of methoxy groups -OCH3 is 2. The first-order valence-corrected chi connectivity index (χ1v) is 8.41. The monoisotopic (exact) mass is 338 g/mol. The molecule has 1 heterocycles. The van der Waals surface area contributed by atoms with Crippen LogP contribution in [0.5, 0.6) is 0 Å². The average molecular weight is 338 g/mol. The van der Waals surface area contributed by atoms with Gasteiger partial charge in [-0.1, -0.05) is 13.3 Å². The fourth-order valence-electron chi connectivity index (χ4n) is 3.61. The zero-order chi connectivity index (χ0) is 17.6. The van der Waals surface area contributed by atoms with E-state index < -0.39 is 0 Å². The average Bonchev–Trinajstić information content (AvgIpc) is 2.94. The highest BCUT2D eigenvalue weighted by Crippen LogP contribution is 2.34. The number of likely N-dealkylation sites (tertiary alicyclic amines) is 1. The van der Waals surface area contributed by atoms with Gasteiger partial charge < -0.3 is 19.7 Å². The number of hydrogen-bond acceptors (Lipinski definition) is 3. The number of rotatable bonds is 7. The fraction of sp³-hybridized carbons (Fsp3) is 0.611. The van der Waals surface area contributed by atoms with Crippen LogP contribution in [0.4, 0.5) is 14.9 Å². The van der Waals surface area contributed by atoms with Crippen molar-refractivity contribution in [2.45, 2.75) is 44.8 Å². The van der Waals surface area contributed by atoms with Crippen LogP contribution in [-0.2, 0) is 16.1 Å². The van der Waals surface area contributed by atoms with E-state index in [-0.39, 0.29) is 24.0 Å².